The van der Waals surface area contributed by atoms with Gasteiger partial charge in [0.25, 0.3) is 5.91 Å². The first-order chi connectivity index (χ1) is 14.8. The van der Waals surface area contributed by atoms with E-state index in [2.05, 4.69) is 35.5 Å². The number of hydrogen-bond acceptors (Lipinski definition) is 5. The molecule has 3 aromatic rings. The molecule has 4 rings (SSSR count). The van der Waals surface area contributed by atoms with E-state index in [0.717, 1.165) is 53.9 Å². The largest absolute Gasteiger partial charge is 0.385 e. The third kappa shape index (κ3) is 4.06. The molecule has 1 amide bonds. The van der Waals surface area contributed by atoms with Crippen LogP contribution in [-0.4, -0.2) is 30.7 Å². The number of rotatable bonds is 7. The van der Waals surface area contributed by atoms with Crippen LogP contribution in [0.2, 0.25) is 0 Å². The summed E-state index contributed by atoms with van der Waals surface area (Å²) < 4.78 is 24.9. The Balaban J connectivity index is 1.85. The fourth-order valence-electron chi connectivity index (χ4n) is 3.92. The van der Waals surface area contributed by atoms with E-state index in [9.17, 15) is 13.2 Å². The molecule has 162 valence electrons. The maximum Gasteiger partial charge on any atom is 0.269 e. The predicted octanol–water partition coefficient (Wildman–Crippen LogP) is 2.60. The number of nitrogens with two attached hydrogens (primary N) is 2. The lowest BCUT2D eigenvalue weighted by Gasteiger charge is -2.20. The molecule has 2 aromatic carbocycles. The summed E-state index contributed by atoms with van der Waals surface area (Å²) in [5, 5.41) is 13.1. The Bertz CT molecular complexity index is 1250. The molecule has 0 aliphatic heterocycles. The number of nitrogens with zero attached hydrogens (tertiary/aromatic N) is 2. The number of hydrogen-bond donors (Lipinski definition) is 3. The summed E-state index contributed by atoms with van der Waals surface area (Å²) in [6, 6.07) is 12.3. The van der Waals surface area contributed by atoms with Crippen LogP contribution in [0.4, 0.5) is 5.69 Å². The highest BCUT2D eigenvalue weighted by Gasteiger charge is 2.28. The van der Waals surface area contributed by atoms with Crippen LogP contribution in [0.25, 0.3) is 16.9 Å². The number of aromatic nitrogens is 2. The van der Waals surface area contributed by atoms with Gasteiger partial charge in [0.15, 0.2) is 5.69 Å². The zero-order chi connectivity index (χ0) is 22.2. The van der Waals surface area contributed by atoms with Crippen molar-refractivity contribution in [2.45, 2.75) is 37.5 Å². The van der Waals surface area contributed by atoms with E-state index < -0.39 is 15.9 Å². The number of primary sulfonamides is 1. The summed E-state index contributed by atoms with van der Waals surface area (Å²) in [6.07, 6.45) is 3.61. The van der Waals surface area contributed by atoms with Gasteiger partial charge in [-0.15, -0.1) is 0 Å². The second kappa shape index (κ2) is 8.16. The van der Waals surface area contributed by atoms with Crippen molar-refractivity contribution in [2.24, 2.45) is 10.9 Å². The Hall–Kier alpha value is -3.17. The average Bonchev–Trinajstić information content (AvgIpc) is 3.14. The third-order valence-corrected chi connectivity index (χ3v) is 6.42. The predicted molar refractivity (Wildman–Crippen MR) is 120 cm³/mol. The lowest BCUT2D eigenvalue weighted by atomic mass is 9.88. The smallest absolute Gasteiger partial charge is 0.269 e. The van der Waals surface area contributed by atoms with Gasteiger partial charge in [-0.3, -0.25) is 4.79 Å². The summed E-state index contributed by atoms with van der Waals surface area (Å²) in [7, 11) is -3.80. The molecule has 0 unspecified atom stereocenters. The summed E-state index contributed by atoms with van der Waals surface area (Å²) >= 11 is 0. The normalized spacial score (nSPS) is 12.8. The number of fused-ring (bicyclic) bond motifs is 3. The van der Waals surface area contributed by atoms with Crippen LogP contribution in [0.1, 0.15) is 41.4 Å². The molecule has 0 atom stereocenters. The molecule has 0 radical (unpaired) electrons. The maximum absolute atomic E-state index is 12.1. The molecule has 1 aliphatic carbocycles. The number of carbonyl (C=O) groups excluding carboxylic acids is 1. The van der Waals surface area contributed by atoms with E-state index in [0.29, 0.717) is 12.1 Å². The minimum absolute atomic E-state index is 0.00945. The van der Waals surface area contributed by atoms with Gasteiger partial charge in [-0.05, 0) is 61.2 Å². The first-order valence-corrected chi connectivity index (χ1v) is 11.8. The highest BCUT2D eigenvalue weighted by molar-refractivity contribution is 7.89. The second-order valence-electron chi connectivity index (χ2n) is 7.64. The van der Waals surface area contributed by atoms with Gasteiger partial charge >= 0.3 is 0 Å². The van der Waals surface area contributed by atoms with E-state index in [1.165, 1.54) is 12.1 Å². The van der Waals surface area contributed by atoms with E-state index in [4.69, 9.17) is 10.9 Å². The number of aryl methyl sites for hydroxylation is 1. The molecular weight excluding hydrogens is 414 g/mol. The molecule has 0 saturated heterocycles. The van der Waals surface area contributed by atoms with Crippen LogP contribution in [0.3, 0.4) is 0 Å². The second-order valence-corrected chi connectivity index (χ2v) is 9.20. The van der Waals surface area contributed by atoms with Crippen LogP contribution < -0.4 is 16.2 Å². The van der Waals surface area contributed by atoms with Crippen molar-refractivity contribution < 1.29 is 13.2 Å². The van der Waals surface area contributed by atoms with Crippen molar-refractivity contribution in [1.82, 2.24) is 9.78 Å². The minimum Gasteiger partial charge on any atom is -0.385 e. The molecule has 31 heavy (non-hydrogen) atoms. The number of primary amides is 1. The molecule has 1 aromatic heterocycles. The van der Waals surface area contributed by atoms with Gasteiger partial charge in [0, 0.05) is 23.4 Å². The third-order valence-electron chi connectivity index (χ3n) is 5.50. The van der Waals surface area contributed by atoms with Crippen LogP contribution >= 0.6 is 0 Å². The van der Waals surface area contributed by atoms with Crippen molar-refractivity contribution in [3.63, 3.8) is 0 Å². The fourth-order valence-corrected chi connectivity index (χ4v) is 4.44. The van der Waals surface area contributed by atoms with Crippen LogP contribution in [0.5, 0.6) is 0 Å². The maximum atomic E-state index is 12.1. The van der Waals surface area contributed by atoms with Gasteiger partial charge in [-0.1, -0.05) is 19.4 Å². The number of benzene rings is 2. The quantitative estimate of drug-likeness (QED) is 0.487. The number of sulfonamides is 1. The van der Waals surface area contributed by atoms with Gasteiger partial charge in [0.1, 0.15) is 0 Å². The van der Waals surface area contributed by atoms with Crippen LogP contribution in [0.15, 0.2) is 47.4 Å². The number of anilines is 1. The van der Waals surface area contributed by atoms with Crippen molar-refractivity contribution in [2.75, 3.05) is 11.9 Å². The van der Waals surface area contributed by atoms with Gasteiger partial charge in [0.2, 0.25) is 10.0 Å². The van der Waals surface area contributed by atoms with Crippen LogP contribution in [-0.2, 0) is 22.9 Å². The standard InChI is InChI=1S/C22H25N5O3S/c1-2-3-12-25-15-6-4-14-5-11-18-20(22(23)28)26-27(21(18)19(14)13-15)16-7-9-17(10-8-16)31(24,29)30/h4,6-10,13,25H,2-3,5,11-12H2,1H3,(H2,23,28)(H2,24,29,30). The molecule has 1 aliphatic rings. The SMILES string of the molecule is CCCCNc1ccc2c(c1)-c1c(c(C(N)=O)nn1-c1ccc(S(N)(=O)=O)cc1)CC2. The van der Waals surface area contributed by atoms with Crippen molar-refractivity contribution in [3.8, 4) is 16.9 Å². The first kappa shape index (κ1) is 21.1. The van der Waals surface area contributed by atoms with Crippen molar-refractivity contribution in [3.05, 3.63) is 59.3 Å². The lowest BCUT2D eigenvalue weighted by molar-refractivity contribution is 0.0994. The van der Waals surface area contributed by atoms with Crippen molar-refractivity contribution >= 4 is 21.6 Å². The molecule has 5 N–H and O–H groups in total. The van der Waals surface area contributed by atoms with E-state index in [-0.39, 0.29) is 10.6 Å². The van der Waals surface area contributed by atoms with Gasteiger partial charge in [-0.2, -0.15) is 5.10 Å². The molecule has 0 fully saturated rings. The average molecular weight is 440 g/mol. The van der Waals surface area contributed by atoms with Crippen molar-refractivity contribution in [1.29, 1.82) is 0 Å². The van der Waals surface area contributed by atoms with E-state index >= 15 is 0 Å². The number of amides is 1. The molecule has 1 heterocycles. The highest BCUT2D eigenvalue weighted by Crippen LogP contribution is 2.38. The summed E-state index contributed by atoms with van der Waals surface area (Å²) in [5.41, 5.74) is 11.2. The Labute approximate surface area is 181 Å². The molecular formula is C22H25N5O3S. The summed E-state index contributed by atoms with van der Waals surface area (Å²) in [6.45, 7) is 3.02. The molecule has 8 nitrogen and oxygen atoms in total. The number of carbonyl (C=O) groups is 1. The van der Waals surface area contributed by atoms with Gasteiger partial charge in [0.05, 0.1) is 16.3 Å². The topological polar surface area (TPSA) is 133 Å². The number of unbranched alkanes of at least 4 members (excludes halogenated alkanes) is 1. The minimum atomic E-state index is -3.80. The summed E-state index contributed by atoms with van der Waals surface area (Å²) in [5.74, 6) is -0.586. The van der Waals surface area contributed by atoms with Gasteiger partial charge in [-0.25, -0.2) is 18.2 Å². The Morgan fingerprint density at radius 3 is 2.55 bits per heavy atom. The highest BCUT2D eigenvalue weighted by atomic mass is 32.2. The van der Waals surface area contributed by atoms with Crippen LogP contribution in [0, 0.1) is 0 Å². The summed E-state index contributed by atoms with van der Waals surface area (Å²) in [4.78, 5) is 12.1. The van der Waals surface area contributed by atoms with E-state index in [1.807, 2.05) is 0 Å². The molecule has 0 saturated carbocycles. The number of nitrogens with one attached hydrogen (secondary N) is 1. The first-order valence-electron chi connectivity index (χ1n) is 10.2. The Kier molecular flexibility index (Phi) is 5.55. The lowest BCUT2D eigenvalue weighted by Crippen LogP contribution is -2.15. The monoisotopic (exact) mass is 439 g/mol. The zero-order valence-corrected chi connectivity index (χ0v) is 18.1. The molecule has 9 heteroatoms. The Morgan fingerprint density at radius 2 is 1.90 bits per heavy atom. The molecule has 0 bridgehead atoms. The fraction of sp³-hybridized carbons (Fsp3) is 0.273. The van der Waals surface area contributed by atoms with E-state index in [1.54, 1.807) is 16.8 Å². The van der Waals surface area contributed by atoms with Gasteiger partial charge < -0.3 is 11.1 Å². The zero-order valence-electron chi connectivity index (χ0n) is 17.3. The molecule has 0 spiro atoms. The Morgan fingerprint density at radius 1 is 1.16 bits per heavy atom.